The predicted octanol–water partition coefficient (Wildman–Crippen LogP) is 3.70. The summed E-state index contributed by atoms with van der Waals surface area (Å²) in [6, 6.07) is 0. The SMILES string of the molecule is C/C=C(/C)C(=O)OC(C)(C)C1CC2=C(CC3=C(CCC(=O)O3)C2)O1. The molecule has 2 heterocycles. The molecular formula is C19H24O5. The van der Waals surface area contributed by atoms with Gasteiger partial charge in [-0.25, -0.2) is 4.79 Å². The Morgan fingerprint density at radius 2 is 1.96 bits per heavy atom. The maximum absolute atomic E-state index is 12.1. The van der Waals surface area contributed by atoms with E-state index in [1.54, 1.807) is 13.0 Å². The van der Waals surface area contributed by atoms with Gasteiger partial charge in [0.2, 0.25) is 0 Å². The first-order valence-electron chi connectivity index (χ1n) is 8.45. The van der Waals surface area contributed by atoms with Crippen LogP contribution in [0.5, 0.6) is 0 Å². The first-order chi connectivity index (χ1) is 11.3. The highest BCUT2D eigenvalue weighted by Gasteiger charge is 2.43. The van der Waals surface area contributed by atoms with E-state index in [9.17, 15) is 9.59 Å². The fourth-order valence-electron chi connectivity index (χ4n) is 3.27. The lowest BCUT2D eigenvalue weighted by molar-refractivity contribution is -0.163. The minimum atomic E-state index is -0.726. The number of ether oxygens (including phenoxy) is 3. The van der Waals surface area contributed by atoms with Gasteiger partial charge in [0.15, 0.2) is 0 Å². The predicted molar refractivity (Wildman–Crippen MR) is 87.7 cm³/mol. The van der Waals surface area contributed by atoms with Gasteiger partial charge in [-0.05, 0) is 51.7 Å². The van der Waals surface area contributed by atoms with Gasteiger partial charge in [0, 0.05) is 18.4 Å². The van der Waals surface area contributed by atoms with Crippen LogP contribution in [0.3, 0.4) is 0 Å². The molecule has 0 fully saturated rings. The third kappa shape index (κ3) is 3.12. The highest BCUT2D eigenvalue weighted by molar-refractivity contribution is 5.88. The summed E-state index contributed by atoms with van der Waals surface area (Å²) in [5.74, 6) is 1.15. The Balaban J connectivity index is 1.67. The topological polar surface area (TPSA) is 61.8 Å². The maximum Gasteiger partial charge on any atom is 0.334 e. The molecule has 5 nitrogen and oxygen atoms in total. The van der Waals surface area contributed by atoms with Crippen molar-refractivity contribution in [2.75, 3.05) is 0 Å². The normalized spacial score (nSPS) is 24.2. The van der Waals surface area contributed by atoms with E-state index in [2.05, 4.69) is 0 Å². The van der Waals surface area contributed by atoms with E-state index in [4.69, 9.17) is 14.2 Å². The van der Waals surface area contributed by atoms with E-state index < -0.39 is 5.60 Å². The quantitative estimate of drug-likeness (QED) is 0.582. The van der Waals surface area contributed by atoms with Crippen molar-refractivity contribution >= 4 is 11.9 Å². The number of allylic oxidation sites excluding steroid dienone is 2. The second-order valence-electron chi connectivity index (χ2n) is 7.16. The molecule has 0 radical (unpaired) electrons. The van der Waals surface area contributed by atoms with Crippen LogP contribution in [-0.4, -0.2) is 23.6 Å². The average molecular weight is 332 g/mol. The molecule has 0 bridgehead atoms. The summed E-state index contributed by atoms with van der Waals surface area (Å²) in [5.41, 5.74) is 2.30. The van der Waals surface area contributed by atoms with Gasteiger partial charge in [-0.15, -0.1) is 0 Å². The van der Waals surface area contributed by atoms with Crippen molar-refractivity contribution < 1.29 is 23.8 Å². The minimum absolute atomic E-state index is 0.163. The van der Waals surface area contributed by atoms with Crippen LogP contribution >= 0.6 is 0 Å². The number of esters is 2. The van der Waals surface area contributed by atoms with Gasteiger partial charge >= 0.3 is 11.9 Å². The van der Waals surface area contributed by atoms with E-state index >= 15 is 0 Å². The van der Waals surface area contributed by atoms with Crippen molar-refractivity contribution in [1.82, 2.24) is 0 Å². The summed E-state index contributed by atoms with van der Waals surface area (Å²) in [5, 5.41) is 0. The Morgan fingerprint density at radius 1 is 1.21 bits per heavy atom. The molecule has 1 aliphatic carbocycles. The number of carbonyl (C=O) groups excluding carboxylic acids is 2. The van der Waals surface area contributed by atoms with Crippen molar-refractivity contribution in [3.63, 3.8) is 0 Å². The molecule has 24 heavy (non-hydrogen) atoms. The molecule has 0 amide bonds. The number of hydrogen-bond donors (Lipinski definition) is 0. The van der Waals surface area contributed by atoms with Gasteiger partial charge < -0.3 is 14.2 Å². The van der Waals surface area contributed by atoms with Gasteiger partial charge in [-0.1, -0.05) is 6.08 Å². The van der Waals surface area contributed by atoms with E-state index in [0.717, 1.165) is 30.8 Å². The summed E-state index contributed by atoms with van der Waals surface area (Å²) in [6.45, 7) is 7.31. The Bertz CT molecular complexity index is 678. The zero-order chi connectivity index (χ0) is 17.5. The monoisotopic (exact) mass is 332 g/mol. The van der Waals surface area contributed by atoms with Gasteiger partial charge in [0.25, 0.3) is 0 Å². The highest BCUT2D eigenvalue weighted by Crippen LogP contribution is 2.44. The van der Waals surface area contributed by atoms with Crippen molar-refractivity contribution in [2.24, 2.45) is 0 Å². The van der Waals surface area contributed by atoms with Gasteiger partial charge in [-0.2, -0.15) is 0 Å². The van der Waals surface area contributed by atoms with Crippen LogP contribution in [0.2, 0.25) is 0 Å². The highest BCUT2D eigenvalue weighted by atomic mass is 16.6. The lowest BCUT2D eigenvalue weighted by Gasteiger charge is -2.31. The van der Waals surface area contributed by atoms with Gasteiger partial charge in [0.05, 0.1) is 6.42 Å². The summed E-state index contributed by atoms with van der Waals surface area (Å²) >= 11 is 0. The Labute approximate surface area is 142 Å². The molecule has 0 N–H and O–H groups in total. The van der Waals surface area contributed by atoms with Crippen LogP contribution in [0, 0.1) is 0 Å². The first kappa shape index (κ1) is 16.8. The summed E-state index contributed by atoms with van der Waals surface area (Å²) in [7, 11) is 0. The maximum atomic E-state index is 12.1. The van der Waals surface area contributed by atoms with Crippen molar-refractivity contribution in [3.8, 4) is 0 Å². The lowest BCUT2D eigenvalue weighted by atomic mass is 9.88. The molecule has 0 aromatic rings. The second-order valence-corrected chi connectivity index (χ2v) is 7.16. The Morgan fingerprint density at radius 3 is 2.67 bits per heavy atom. The lowest BCUT2D eigenvalue weighted by Crippen LogP contribution is -2.41. The van der Waals surface area contributed by atoms with Crippen molar-refractivity contribution in [2.45, 2.75) is 71.5 Å². The third-order valence-corrected chi connectivity index (χ3v) is 5.01. The molecule has 0 saturated heterocycles. The van der Waals surface area contributed by atoms with E-state index in [-0.39, 0.29) is 18.0 Å². The summed E-state index contributed by atoms with van der Waals surface area (Å²) in [6.07, 6.45) is 4.83. The third-order valence-electron chi connectivity index (χ3n) is 5.01. The Kier molecular flexibility index (Phi) is 4.28. The second kappa shape index (κ2) is 6.11. The van der Waals surface area contributed by atoms with Gasteiger partial charge in [-0.3, -0.25) is 4.79 Å². The largest absolute Gasteiger partial charge is 0.490 e. The van der Waals surface area contributed by atoms with Crippen LogP contribution in [0.4, 0.5) is 0 Å². The van der Waals surface area contributed by atoms with Crippen LogP contribution in [0.15, 0.2) is 34.3 Å². The molecule has 0 spiro atoms. The molecule has 5 heteroatoms. The van der Waals surface area contributed by atoms with Crippen LogP contribution in [0.25, 0.3) is 0 Å². The van der Waals surface area contributed by atoms with E-state index in [0.29, 0.717) is 18.4 Å². The molecule has 1 unspecified atom stereocenters. The van der Waals surface area contributed by atoms with Crippen LogP contribution in [0.1, 0.15) is 59.8 Å². The zero-order valence-electron chi connectivity index (χ0n) is 14.7. The standard InChI is InChI=1S/C19H24O5/c1-5-11(2)18(21)24-19(3,4)16-9-13-8-12-6-7-17(20)23-14(12)10-15(13)22-16/h5,16H,6-10H2,1-4H3/b11-5-. The first-order valence-corrected chi connectivity index (χ1v) is 8.45. The molecule has 0 aromatic carbocycles. The molecule has 0 saturated carbocycles. The molecule has 130 valence electrons. The molecule has 0 aromatic heterocycles. The molecule has 3 rings (SSSR count). The fourth-order valence-corrected chi connectivity index (χ4v) is 3.27. The van der Waals surface area contributed by atoms with E-state index in [1.165, 1.54) is 11.1 Å². The summed E-state index contributed by atoms with van der Waals surface area (Å²) in [4.78, 5) is 23.5. The smallest absolute Gasteiger partial charge is 0.334 e. The molecule has 1 atom stereocenters. The van der Waals surface area contributed by atoms with Crippen molar-refractivity contribution in [3.05, 3.63) is 34.3 Å². The van der Waals surface area contributed by atoms with Gasteiger partial charge in [0.1, 0.15) is 23.2 Å². The minimum Gasteiger partial charge on any atom is -0.490 e. The van der Waals surface area contributed by atoms with Crippen molar-refractivity contribution in [1.29, 1.82) is 0 Å². The number of carbonyl (C=O) groups is 2. The fraction of sp³-hybridized carbons (Fsp3) is 0.579. The number of rotatable bonds is 3. The molecule has 2 aliphatic heterocycles. The number of hydrogen-bond acceptors (Lipinski definition) is 5. The molecular weight excluding hydrogens is 308 g/mol. The van der Waals surface area contributed by atoms with E-state index in [1.807, 2.05) is 20.8 Å². The summed E-state index contributed by atoms with van der Waals surface area (Å²) < 4.78 is 17.1. The van der Waals surface area contributed by atoms with Crippen LogP contribution in [-0.2, 0) is 23.8 Å². The zero-order valence-corrected chi connectivity index (χ0v) is 14.7. The average Bonchev–Trinajstić information content (AvgIpc) is 2.95. The van der Waals surface area contributed by atoms with Crippen LogP contribution < -0.4 is 0 Å². The Hall–Kier alpha value is -2.04. The molecule has 3 aliphatic rings.